The predicted molar refractivity (Wildman–Crippen MR) is 115 cm³/mol. The van der Waals surface area contributed by atoms with Crippen molar-refractivity contribution in [2.24, 2.45) is 0 Å². The average Bonchev–Trinajstić information content (AvgIpc) is 2.70. The molecule has 1 N–H and O–H groups in total. The van der Waals surface area contributed by atoms with Crippen LogP contribution in [-0.2, 0) is 6.54 Å². The number of hydrogen-bond donors (Lipinski definition) is 1. The molecule has 0 saturated heterocycles. The van der Waals surface area contributed by atoms with E-state index in [1.54, 1.807) is 0 Å². The van der Waals surface area contributed by atoms with E-state index in [1.807, 2.05) is 24.3 Å². The lowest BCUT2D eigenvalue weighted by Crippen LogP contribution is -2.01. The van der Waals surface area contributed by atoms with Gasteiger partial charge in [-0.25, -0.2) is 0 Å². The van der Waals surface area contributed by atoms with Crippen LogP contribution in [0.3, 0.4) is 0 Å². The van der Waals surface area contributed by atoms with Crippen LogP contribution < -0.4 is 14.8 Å². The van der Waals surface area contributed by atoms with Crippen molar-refractivity contribution in [3.05, 3.63) is 54.1 Å². The van der Waals surface area contributed by atoms with Gasteiger partial charge in [-0.05, 0) is 42.7 Å². The van der Waals surface area contributed by atoms with E-state index in [9.17, 15) is 0 Å². The summed E-state index contributed by atoms with van der Waals surface area (Å²) in [5.41, 5.74) is 2.32. The van der Waals surface area contributed by atoms with Crippen LogP contribution in [0.1, 0.15) is 64.4 Å². The monoisotopic (exact) mass is 369 g/mol. The molecule has 0 aromatic heterocycles. The highest BCUT2D eigenvalue weighted by Gasteiger charge is 1.99. The summed E-state index contributed by atoms with van der Waals surface area (Å²) in [7, 11) is 0. The summed E-state index contributed by atoms with van der Waals surface area (Å²) >= 11 is 0. The Labute approximate surface area is 165 Å². The highest BCUT2D eigenvalue weighted by Crippen LogP contribution is 2.19. The highest BCUT2D eigenvalue weighted by molar-refractivity contribution is 5.48. The van der Waals surface area contributed by atoms with Gasteiger partial charge in [0.1, 0.15) is 11.5 Å². The molecule has 2 rings (SSSR count). The topological polar surface area (TPSA) is 30.5 Å². The Bertz CT molecular complexity index is 625. The number of nitrogens with one attached hydrogen (secondary N) is 1. The first kappa shape index (κ1) is 21.1. The molecule has 0 radical (unpaired) electrons. The molecule has 0 aliphatic heterocycles. The zero-order valence-electron chi connectivity index (χ0n) is 17.0. The maximum Gasteiger partial charge on any atom is 0.121 e. The van der Waals surface area contributed by atoms with Crippen molar-refractivity contribution in [2.75, 3.05) is 18.5 Å². The van der Waals surface area contributed by atoms with Crippen molar-refractivity contribution >= 4 is 5.69 Å². The fourth-order valence-corrected chi connectivity index (χ4v) is 2.83. The minimum Gasteiger partial charge on any atom is -0.494 e. The molecule has 0 heterocycles. The molecule has 27 heavy (non-hydrogen) atoms. The molecule has 0 aliphatic rings. The maximum atomic E-state index is 5.88. The Morgan fingerprint density at radius 1 is 0.704 bits per heavy atom. The van der Waals surface area contributed by atoms with Crippen molar-refractivity contribution in [3.8, 4) is 11.5 Å². The lowest BCUT2D eigenvalue weighted by Gasteiger charge is -2.11. The van der Waals surface area contributed by atoms with Crippen LogP contribution in [0.15, 0.2) is 48.5 Å². The smallest absolute Gasteiger partial charge is 0.121 e. The van der Waals surface area contributed by atoms with Crippen LogP contribution in [0.2, 0.25) is 0 Å². The van der Waals surface area contributed by atoms with Gasteiger partial charge >= 0.3 is 0 Å². The van der Waals surface area contributed by atoms with Gasteiger partial charge in [0.25, 0.3) is 0 Å². The molecular formula is C24H35NO2. The van der Waals surface area contributed by atoms with Gasteiger partial charge in [0.2, 0.25) is 0 Å². The van der Waals surface area contributed by atoms with Gasteiger partial charge in [0.05, 0.1) is 13.2 Å². The van der Waals surface area contributed by atoms with Gasteiger partial charge in [-0.1, -0.05) is 64.2 Å². The number of hydrogen-bond acceptors (Lipinski definition) is 3. The van der Waals surface area contributed by atoms with Gasteiger partial charge < -0.3 is 14.8 Å². The van der Waals surface area contributed by atoms with Crippen LogP contribution in [0.5, 0.6) is 11.5 Å². The van der Waals surface area contributed by atoms with Crippen molar-refractivity contribution < 1.29 is 9.47 Å². The van der Waals surface area contributed by atoms with Crippen molar-refractivity contribution in [3.63, 3.8) is 0 Å². The first-order valence-electron chi connectivity index (χ1n) is 10.5. The van der Waals surface area contributed by atoms with Gasteiger partial charge in [-0.2, -0.15) is 0 Å². The number of anilines is 1. The summed E-state index contributed by atoms with van der Waals surface area (Å²) in [4.78, 5) is 0. The molecule has 0 saturated carbocycles. The SMILES string of the molecule is CCCCCCCOc1cccc(NCc2ccc(OCCCC)cc2)c1. The molecule has 2 aromatic rings. The van der Waals surface area contributed by atoms with Gasteiger partial charge in [-0.3, -0.25) is 0 Å². The Balaban J connectivity index is 1.72. The lowest BCUT2D eigenvalue weighted by atomic mass is 10.2. The van der Waals surface area contributed by atoms with Crippen LogP contribution in [0.4, 0.5) is 5.69 Å². The Hall–Kier alpha value is -2.16. The van der Waals surface area contributed by atoms with Crippen LogP contribution >= 0.6 is 0 Å². The van der Waals surface area contributed by atoms with Crippen molar-refractivity contribution in [1.82, 2.24) is 0 Å². The zero-order valence-corrected chi connectivity index (χ0v) is 17.0. The first-order chi connectivity index (χ1) is 13.3. The number of unbranched alkanes of at least 4 members (excludes halogenated alkanes) is 5. The third-order valence-electron chi connectivity index (χ3n) is 4.54. The van der Waals surface area contributed by atoms with E-state index >= 15 is 0 Å². The van der Waals surface area contributed by atoms with Gasteiger partial charge in [0.15, 0.2) is 0 Å². The molecule has 0 unspecified atom stereocenters. The molecule has 148 valence electrons. The highest BCUT2D eigenvalue weighted by atomic mass is 16.5. The molecule has 3 heteroatoms. The predicted octanol–water partition coefficient (Wildman–Crippen LogP) is 6.83. The Morgan fingerprint density at radius 2 is 1.41 bits per heavy atom. The molecule has 0 spiro atoms. The van der Waals surface area contributed by atoms with Crippen molar-refractivity contribution in [2.45, 2.75) is 65.3 Å². The second kappa shape index (κ2) is 13.1. The molecule has 0 aliphatic carbocycles. The van der Waals surface area contributed by atoms with E-state index in [4.69, 9.17) is 9.47 Å². The van der Waals surface area contributed by atoms with E-state index in [0.29, 0.717) is 0 Å². The Morgan fingerprint density at radius 3 is 2.19 bits per heavy atom. The van der Waals surface area contributed by atoms with E-state index < -0.39 is 0 Å². The normalized spacial score (nSPS) is 10.6. The number of benzene rings is 2. The van der Waals surface area contributed by atoms with E-state index in [-0.39, 0.29) is 0 Å². The standard InChI is InChI=1S/C24H35NO2/c1-3-5-7-8-9-18-27-24-12-10-11-22(19-24)25-20-21-13-15-23(16-14-21)26-17-6-4-2/h10-16,19,25H,3-9,17-18,20H2,1-2H3. The third kappa shape index (κ3) is 8.85. The second-order valence-electron chi connectivity index (χ2n) is 6.99. The summed E-state index contributed by atoms with van der Waals surface area (Å²) in [5.74, 6) is 1.89. The summed E-state index contributed by atoms with van der Waals surface area (Å²) in [6, 6.07) is 16.6. The molecular weight excluding hydrogens is 334 g/mol. The molecule has 3 nitrogen and oxygen atoms in total. The minimum atomic E-state index is 0.787. The maximum absolute atomic E-state index is 5.88. The van der Waals surface area contributed by atoms with Crippen LogP contribution in [0, 0.1) is 0 Å². The van der Waals surface area contributed by atoms with Crippen LogP contribution in [0.25, 0.3) is 0 Å². The van der Waals surface area contributed by atoms with E-state index in [0.717, 1.165) is 56.2 Å². The van der Waals surface area contributed by atoms with Crippen molar-refractivity contribution in [1.29, 1.82) is 0 Å². The molecule has 0 fully saturated rings. The number of rotatable bonds is 14. The summed E-state index contributed by atoms with van der Waals surface area (Å²) < 4.78 is 11.6. The zero-order chi connectivity index (χ0) is 19.2. The average molecular weight is 370 g/mol. The van der Waals surface area contributed by atoms with Gasteiger partial charge in [-0.15, -0.1) is 0 Å². The van der Waals surface area contributed by atoms with E-state index in [1.165, 1.54) is 31.2 Å². The fraction of sp³-hybridized carbons (Fsp3) is 0.500. The van der Waals surface area contributed by atoms with E-state index in [2.05, 4.69) is 43.4 Å². The molecule has 2 aromatic carbocycles. The minimum absolute atomic E-state index is 0.787. The second-order valence-corrected chi connectivity index (χ2v) is 6.99. The summed E-state index contributed by atoms with van der Waals surface area (Å²) in [5, 5.41) is 3.47. The summed E-state index contributed by atoms with van der Waals surface area (Å²) in [6.07, 6.45) is 8.55. The lowest BCUT2D eigenvalue weighted by molar-refractivity contribution is 0.304. The fourth-order valence-electron chi connectivity index (χ4n) is 2.83. The van der Waals surface area contributed by atoms with Gasteiger partial charge in [0, 0.05) is 18.3 Å². The number of ether oxygens (including phenoxy) is 2. The molecule has 0 amide bonds. The Kier molecular flexibility index (Phi) is 10.2. The molecule has 0 atom stereocenters. The summed E-state index contributed by atoms with van der Waals surface area (Å²) in [6.45, 7) is 6.79. The molecule has 0 bridgehead atoms. The third-order valence-corrected chi connectivity index (χ3v) is 4.54. The quantitative estimate of drug-likeness (QED) is 0.370. The largest absolute Gasteiger partial charge is 0.494 e. The first-order valence-corrected chi connectivity index (χ1v) is 10.5. The van der Waals surface area contributed by atoms with Crippen LogP contribution in [-0.4, -0.2) is 13.2 Å².